The number of carboxylic acids is 1. The van der Waals surface area contributed by atoms with E-state index in [9.17, 15) is 27.7 Å². The standard InChI is InChI=1S/C9H17NO8S.Ca/c1-9(2,5-11)7(18-19(15,16)17)8(14)10-4-3-6(12)13;/h7,11H,3-5H2,1-2H3,(H,10,14)(H,12,13)(H,15,16,17);/q;+2/p-2/t7-;/m0./s1. The Morgan fingerprint density at radius 2 is 1.90 bits per heavy atom. The number of nitrogens with one attached hydrogen (secondary N) is 1. The quantitative estimate of drug-likeness (QED) is 0.265. The predicted molar refractivity (Wildman–Crippen MR) is 63.8 cm³/mol. The van der Waals surface area contributed by atoms with Crippen LogP contribution in [-0.4, -0.2) is 86.9 Å². The summed E-state index contributed by atoms with van der Waals surface area (Å²) < 4.78 is 35.7. The Hall–Kier alpha value is 0.0297. The fraction of sp³-hybridized carbons (Fsp3) is 0.778. The number of hydrogen-bond acceptors (Lipinski definition) is 8. The fourth-order valence-electron chi connectivity index (χ4n) is 1.11. The van der Waals surface area contributed by atoms with E-state index in [1.165, 1.54) is 13.8 Å². The second-order valence-corrected chi connectivity index (χ2v) is 5.45. The zero-order valence-corrected chi connectivity index (χ0v) is 14.1. The summed E-state index contributed by atoms with van der Waals surface area (Å²) in [7, 11) is -5.15. The first-order chi connectivity index (χ1) is 8.49. The average Bonchev–Trinajstić information content (AvgIpc) is 2.23. The van der Waals surface area contributed by atoms with Gasteiger partial charge < -0.3 is 24.9 Å². The molecule has 11 heteroatoms. The molecule has 1 atom stereocenters. The summed E-state index contributed by atoms with van der Waals surface area (Å²) in [6.07, 6.45) is -2.25. The van der Waals surface area contributed by atoms with E-state index in [1.807, 2.05) is 0 Å². The van der Waals surface area contributed by atoms with Crippen molar-refractivity contribution in [2.45, 2.75) is 26.4 Å². The fourth-order valence-corrected chi connectivity index (χ4v) is 1.69. The Balaban J connectivity index is 0. The summed E-state index contributed by atoms with van der Waals surface area (Å²) >= 11 is 0. The van der Waals surface area contributed by atoms with Crippen LogP contribution in [0.4, 0.5) is 0 Å². The minimum absolute atomic E-state index is 0. The van der Waals surface area contributed by atoms with Gasteiger partial charge in [0.1, 0.15) is 0 Å². The molecule has 0 radical (unpaired) electrons. The first-order valence-corrected chi connectivity index (χ1v) is 6.55. The number of hydrogen-bond donors (Lipinski definition) is 2. The first-order valence-electron chi connectivity index (χ1n) is 5.22. The topological polar surface area (TPSA) is 156 Å². The maximum Gasteiger partial charge on any atom is 2.00 e. The third-order valence-electron chi connectivity index (χ3n) is 2.20. The Bertz CT molecular complexity index is 435. The van der Waals surface area contributed by atoms with Gasteiger partial charge in [-0.1, -0.05) is 13.8 Å². The van der Waals surface area contributed by atoms with Crippen molar-refractivity contribution in [3.63, 3.8) is 0 Å². The number of carbonyl (C=O) groups is 2. The summed E-state index contributed by atoms with van der Waals surface area (Å²) in [6, 6.07) is 0. The van der Waals surface area contributed by atoms with Crippen LogP contribution in [0.25, 0.3) is 0 Å². The van der Waals surface area contributed by atoms with Crippen LogP contribution in [0.5, 0.6) is 0 Å². The van der Waals surface area contributed by atoms with Crippen LogP contribution < -0.4 is 10.4 Å². The maximum atomic E-state index is 11.6. The van der Waals surface area contributed by atoms with E-state index < -0.39 is 46.8 Å². The average molecular weight is 337 g/mol. The zero-order valence-electron chi connectivity index (χ0n) is 11.1. The molecule has 9 nitrogen and oxygen atoms in total. The third-order valence-corrected chi connectivity index (χ3v) is 2.63. The van der Waals surface area contributed by atoms with Crippen LogP contribution in [0.1, 0.15) is 20.3 Å². The van der Waals surface area contributed by atoms with Gasteiger partial charge in [0.05, 0.1) is 6.61 Å². The number of carbonyl (C=O) groups excluding carboxylic acids is 2. The van der Waals surface area contributed by atoms with Crippen LogP contribution in [0.3, 0.4) is 0 Å². The molecule has 20 heavy (non-hydrogen) atoms. The van der Waals surface area contributed by atoms with Crippen LogP contribution in [0.2, 0.25) is 0 Å². The minimum atomic E-state index is -5.15. The summed E-state index contributed by atoms with van der Waals surface area (Å²) in [5.41, 5.74) is -1.34. The largest absolute Gasteiger partial charge is 2.00 e. The molecule has 112 valence electrons. The smallest absolute Gasteiger partial charge is 0.726 e. The van der Waals surface area contributed by atoms with Gasteiger partial charge in [-0.05, 0) is 0 Å². The predicted octanol–water partition coefficient (Wildman–Crippen LogP) is -3.27. The minimum Gasteiger partial charge on any atom is -0.726 e. The molecule has 0 spiro atoms. The van der Waals surface area contributed by atoms with Crippen LogP contribution in [0.15, 0.2) is 0 Å². The number of aliphatic hydroxyl groups excluding tert-OH is 1. The van der Waals surface area contributed by atoms with Crippen LogP contribution in [0, 0.1) is 5.41 Å². The van der Waals surface area contributed by atoms with E-state index in [0.717, 1.165) is 0 Å². The molecule has 0 unspecified atom stereocenters. The van der Waals surface area contributed by atoms with Gasteiger partial charge in [0.25, 0.3) is 5.91 Å². The molecule has 1 amide bonds. The monoisotopic (exact) mass is 337 g/mol. The summed E-state index contributed by atoms with van der Waals surface area (Å²) in [4.78, 5) is 21.8. The molecule has 0 saturated heterocycles. The summed E-state index contributed by atoms with van der Waals surface area (Å²) in [5.74, 6) is -2.42. The number of amides is 1. The van der Waals surface area contributed by atoms with Crippen molar-refractivity contribution < 1.29 is 37.0 Å². The molecular weight excluding hydrogens is 322 g/mol. The van der Waals surface area contributed by atoms with Gasteiger partial charge in [0.2, 0.25) is 10.4 Å². The van der Waals surface area contributed by atoms with E-state index in [-0.39, 0.29) is 44.3 Å². The summed E-state index contributed by atoms with van der Waals surface area (Å²) in [5, 5.41) is 21.3. The van der Waals surface area contributed by atoms with Gasteiger partial charge in [0, 0.05) is 24.3 Å². The molecule has 0 bridgehead atoms. The molecule has 0 aliphatic rings. The second kappa shape index (κ2) is 9.13. The Morgan fingerprint density at radius 3 is 2.25 bits per heavy atom. The molecule has 0 heterocycles. The molecule has 0 aliphatic heterocycles. The van der Waals surface area contributed by atoms with Crippen molar-refractivity contribution in [1.29, 1.82) is 0 Å². The number of carboxylic acid groups (broad SMARTS) is 1. The van der Waals surface area contributed by atoms with E-state index in [4.69, 9.17) is 5.11 Å². The Labute approximate surface area is 146 Å². The molecule has 0 rings (SSSR count). The normalized spacial score (nSPS) is 13.2. The van der Waals surface area contributed by atoms with E-state index in [2.05, 4.69) is 9.50 Å². The van der Waals surface area contributed by atoms with Crippen LogP contribution in [-0.2, 0) is 24.2 Å². The van der Waals surface area contributed by atoms with Crippen molar-refractivity contribution >= 4 is 60.0 Å². The van der Waals surface area contributed by atoms with Crippen molar-refractivity contribution in [3.8, 4) is 0 Å². The van der Waals surface area contributed by atoms with Crippen molar-refractivity contribution in [3.05, 3.63) is 0 Å². The van der Waals surface area contributed by atoms with Gasteiger partial charge in [0.15, 0.2) is 6.10 Å². The number of aliphatic carboxylic acids is 1. The van der Waals surface area contributed by atoms with Crippen LogP contribution >= 0.6 is 0 Å². The number of rotatable bonds is 8. The molecule has 0 aromatic rings. The van der Waals surface area contributed by atoms with E-state index >= 15 is 0 Å². The Morgan fingerprint density at radius 1 is 1.40 bits per heavy atom. The van der Waals surface area contributed by atoms with E-state index in [1.54, 1.807) is 0 Å². The Kier molecular flexibility index (Phi) is 10.2. The molecular formula is C9H15CaNO8S. The molecule has 0 fully saturated rings. The molecule has 0 aromatic carbocycles. The third kappa shape index (κ3) is 9.06. The molecule has 2 N–H and O–H groups in total. The van der Waals surface area contributed by atoms with Gasteiger partial charge in [-0.3, -0.25) is 8.98 Å². The second-order valence-electron chi connectivity index (χ2n) is 4.44. The van der Waals surface area contributed by atoms with Crippen molar-refractivity contribution in [2.75, 3.05) is 13.2 Å². The van der Waals surface area contributed by atoms with Gasteiger partial charge in [-0.15, -0.1) is 0 Å². The van der Waals surface area contributed by atoms with Crippen molar-refractivity contribution in [1.82, 2.24) is 5.32 Å². The number of aliphatic hydroxyl groups is 1. The molecule has 0 aliphatic carbocycles. The van der Waals surface area contributed by atoms with Gasteiger partial charge in [-0.25, -0.2) is 8.42 Å². The first kappa shape index (κ1) is 22.3. The van der Waals surface area contributed by atoms with Crippen molar-refractivity contribution in [2.24, 2.45) is 5.41 Å². The van der Waals surface area contributed by atoms with Gasteiger partial charge in [-0.2, -0.15) is 0 Å². The zero-order chi connectivity index (χ0) is 15.3. The van der Waals surface area contributed by atoms with Gasteiger partial charge >= 0.3 is 37.7 Å². The maximum absolute atomic E-state index is 11.6. The molecule has 0 aromatic heterocycles. The molecule has 0 saturated carbocycles. The SMILES string of the molecule is CC(C)(CO)[C@@H](OS(=O)(=O)[O-])C(=O)NCCC(=O)[O-].[Ca+2]. The summed E-state index contributed by atoms with van der Waals surface area (Å²) in [6.45, 7) is 1.67. The van der Waals surface area contributed by atoms with E-state index in [0.29, 0.717) is 0 Å².